The SMILES string of the molecule is CC(C)OC(=O)COC[C@H]1CC[C@H](COC(=O)N(c2ccccc2)c2cccc(F)c2)CC1.[CaH2]. The van der Waals surface area contributed by atoms with Crippen LogP contribution in [0.15, 0.2) is 54.6 Å². The topological polar surface area (TPSA) is 65.1 Å². The van der Waals surface area contributed by atoms with Crippen molar-refractivity contribution in [1.29, 1.82) is 0 Å². The third-order valence-electron chi connectivity index (χ3n) is 5.61. The molecule has 0 unspecified atom stereocenters. The first-order valence-corrected chi connectivity index (χ1v) is 11.5. The zero-order chi connectivity index (χ0) is 23.6. The van der Waals surface area contributed by atoms with Gasteiger partial charge in [-0.2, -0.15) is 0 Å². The first-order valence-electron chi connectivity index (χ1n) is 11.5. The number of anilines is 2. The Balaban J connectivity index is 0.00000408. The number of benzene rings is 2. The van der Waals surface area contributed by atoms with Crippen LogP contribution in [-0.2, 0) is 19.0 Å². The fraction of sp³-hybridized carbons (Fsp3) is 0.462. The van der Waals surface area contributed by atoms with Crippen molar-refractivity contribution in [2.24, 2.45) is 11.8 Å². The zero-order valence-electron chi connectivity index (χ0n) is 19.2. The maximum atomic E-state index is 13.8. The molecule has 0 aliphatic heterocycles. The third-order valence-corrected chi connectivity index (χ3v) is 5.61. The van der Waals surface area contributed by atoms with Crippen molar-refractivity contribution < 1.29 is 28.2 Å². The van der Waals surface area contributed by atoms with Gasteiger partial charge in [-0.1, -0.05) is 24.3 Å². The van der Waals surface area contributed by atoms with Gasteiger partial charge in [-0.15, -0.1) is 0 Å². The van der Waals surface area contributed by atoms with Crippen molar-refractivity contribution in [1.82, 2.24) is 0 Å². The second-order valence-electron chi connectivity index (χ2n) is 8.67. The molecule has 0 heterocycles. The van der Waals surface area contributed by atoms with Crippen LogP contribution < -0.4 is 4.90 Å². The molecule has 34 heavy (non-hydrogen) atoms. The molecule has 2 aromatic rings. The van der Waals surface area contributed by atoms with E-state index in [1.165, 1.54) is 17.0 Å². The van der Waals surface area contributed by atoms with Crippen LogP contribution in [0.1, 0.15) is 39.5 Å². The molecule has 1 aliphatic rings. The van der Waals surface area contributed by atoms with Gasteiger partial charge in [-0.25, -0.2) is 18.9 Å². The number of hydrogen-bond donors (Lipinski definition) is 0. The molecule has 6 nitrogen and oxygen atoms in total. The number of amides is 1. The van der Waals surface area contributed by atoms with Crippen molar-refractivity contribution in [3.63, 3.8) is 0 Å². The summed E-state index contributed by atoms with van der Waals surface area (Å²) >= 11 is 0. The van der Waals surface area contributed by atoms with E-state index in [0.29, 0.717) is 30.5 Å². The minimum atomic E-state index is -0.527. The van der Waals surface area contributed by atoms with Crippen molar-refractivity contribution >= 4 is 61.2 Å². The molecular formula is C26H34CaFNO5. The summed E-state index contributed by atoms with van der Waals surface area (Å²) < 4.78 is 30.0. The molecule has 0 saturated heterocycles. The Hall–Kier alpha value is -1.67. The van der Waals surface area contributed by atoms with E-state index in [1.54, 1.807) is 24.3 Å². The van der Waals surface area contributed by atoms with Crippen LogP contribution in [0.3, 0.4) is 0 Å². The monoisotopic (exact) mass is 499 g/mol. The average Bonchev–Trinajstić information content (AvgIpc) is 2.79. The van der Waals surface area contributed by atoms with Crippen LogP contribution in [-0.4, -0.2) is 75.7 Å². The number of carbonyl (C=O) groups excluding carboxylic acids is 2. The summed E-state index contributed by atoms with van der Waals surface area (Å²) in [5.74, 6) is -0.107. The van der Waals surface area contributed by atoms with Gasteiger partial charge < -0.3 is 14.2 Å². The summed E-state index contributed by atoms with van der Waals surface area (Å²) in [5.41, 5.74) is 1.04. The van der Waals surface area contributed by atoms with Gasteiger partial charge in [0.25, 0.3) is 0 Å². The standard InChI is InChI=1S/C26H32FNO5.Ca.2H/c1-19(2)33-25(29)18-31-16-20-11-13-21(14-12-20)17-32-26(30)28(23-8-4-3-5-9-23)24-10-6-7-22(27)15-24;;;/h3-10,15,19-21H,11-14,16-18H2,1-2H3;;;/t20-,21-;;;. The molecular weight excluding hydrogens is 465 g/mol. The van der Waals surface area contributed by atoms with E-state index in [-0.39, 0.29) is 62.3 Å². The van der Waals surface area contributed by atoms with E-state index in [1.807, 2.05) is 32.0 Å². The molecule has 1 fully saturated rings. The van der Waals surface area contributed by atoms with Crippen LogP contribution in [0.4, 0.5) is 20.6 Å². The van der Waals surface area contributed by atoms with E-state index < -0.39 is 11.9 Å². The molecule has 1 amide bonds. The van der Waals surface area contributed by atoms with Gasteiger partial charge in [0.2, 0.25) is 0 Å². The summed E-state index contributed by atoms with van der Waals surface area (Å²) in [5, 5.41) is 0. The summed E-state index contributed by atoms with van der Waals surface area (Å²) in [4.78, 5) is 25.9. The molecule has 0 radical (unpaired) electrons. The number of halogens is 1. The average molecular weight is 500 g/mol. The fourth-order valence-electron chi connectivity index (χ4n) is 3.98. The fourth-order valence-corrected chi connectivity index (χ4v) is 3.98. The second-order valence-corrected chi connectivity index (χ2v) is 8.67. The maximum absolute atomic E-state index is 13.8. The molecule has 8 heteroatoms. The summed E-state index contributed by atoms with van der Waals surface area (Å²) in [6.07, 6.45) is 3.08. The third kappa shape index (κ3) is 9.17. The first-order chi connectivity index (χ1) is 15.9. The van der Waals surface area contributed by atoms with Crippen LogP contribution in [0, 0.1) is 17.7 Å². The van der Waals surface area contributed by atoms with E-state index in [4.69, 9.17) is 14.2 Å². The van der Waals surface area contributed by atoms with Gasteiger partial charge in [0.1, 0.15) is 12.4 Å². The number of para-hydroxylation sites is 1. The zero-order valence-corrected chi connectivity index (χ0v) is 19.2. The molecule has 0 aromatic heterocycles. The molecule has 0 bridgehead atoms. The van der Waals surface area contributed by atoms with Crippen molar-refractivity contribution in [3.05, 3.63) is 60.4 Å². The Morgan fingerprint density at radius 3 is 2.18 bits per heavy atom. The van der Waals surface area contributed by atoms with Crippen molar-refractivity contribution in [2.75, 3.05) is 24.7 Å². The summed E-state index contributed by atoms with van der Waals surface area (Å²) in [7, 11) is 0. The number of hydrogen-bond acceptors (Lipinski definition) is 5. The second kappa shape index (κ2) is 14.7. The van der Waals surface area contributed by atoms with E-state index in [2.05, 4.69) is 0 Å². The molecule has 3 rings (SSSR count). The number of carbonyl (C=O) groups is 2. The molecule has 2 aromatic carbocycles. The summed E-state index contributed by atoms with van der Waals surface area (Å²) in [6, 6.07) is 15.0. The van der Waals surface area contributed by atoms with Gasteiger partial charge in [0.05, 0.1) is 30.7 Å². The Bertz CT molecular complexity index is 903. The van der Waals surface area contributed by atoms with Crippen LogP contribution in [0.25, 0.3) is 0 Å². The molecule has 1 saturated carbocycles. The van der Waals surface area contributed by atoms with Crippen LogP contribution >= 0.6 is 0 Å². The Morgan fingerprint density at radius 2 is 1.56 bits per heavy atom. The predicted molar refractivity (Wildman–Crippen MR) is 132 cm³/mol. The summed E-state index contributed by atoms with van der Waals surface area (Å²) in [6.45, 7) is 4.43. The quantitative estimate of drug-likeness (QED) is 0.361. The van der Waals surface area contributed by atoms with Gasteiger partial charge in [-0.3, -0.25) is 0 Å². The molecule has 0 N–H and O–H groups in total. The van der Waals surface area contributed by atoms with Gasteiger partial charge in [0.15, 0.2) is 0 Å². The number of rotatable bonds is 9. The van der Waals surface area contributed by atoms with Gasteiger partial charge >= 0.3 is 49.8 Å². The first kappa shape index (κ1) is 28.6. The van der Waals surface area contributed by atoms with Gasteiger partial charge in [-0.05, 0) is 81.7 Å². The minimum absolute atomic E-state index is 0. The molecule has 0 atom stereocenters. The number of ether oxygens (including phenoxy) is 3. The van der Waals surface area contributed by atoms with E-state index in [0.717, 1.165) is 25.7 Å². The van der Waals surface area contributed by atoms with Gasteiger partial charge in [0, 0.05) is 0 Å². The van der Waals surface area contributed by atoms with Crippen LogP contribution in [0.5, 0.6) is 0 Å². The molecule has 0 spiro atoms. The molecule has 1 aliphatic carbocycles. The Morgan fingerprint density at radius 1 is 0.941 bits per heavy atom. The Kier molecular flexibility index (Phi) is 12.3. The number of nitrogens with zero attached hydrogens (tertiary/aromatic N) is 1. The van der Waals surface area contributed by atoms with Crippen molar-refractivity contribution in [3.8, 4) is 0 Å². The van der Waals surface area contributed by atoms with Crippen LogP contribution in [0.2, 0.25) is 0 Å². The van der Waals surface area contributed by atoms with E-state index in [9.17, 15) is 14.0 Å². The van der Waals surface area contributed by atoms with Crippen molar-refractivity contribution in [2.45, 2.75) is 45.6 Å². The van der Waals surface area contributed by atoms with E-state index >= 15 is 0 Å². The number of esters is 1. The predicted octanol–water partition coefficient (Wildman–Crippen LogP) is 4.96. The Labute approximate surface area is 230 Å². The normalized spacial score (nSPS) is 17.5. The molecule has 182 valence electrons.